The molecule has 2 aliphatic rings. The minimum atomic E-state index is -4.19. The molecule has 126 valence electrons. The molecule has 9 heteroatoms. The molecule has 3 rings (SSSR count). The number of anilines is 2. The van der Waals surface area contributed by atoms with E-state index in [1.165, 1.54) is 4.90 Å². The van der Waals surface area contributed by atoms with E-state index in [9.17, 15) is 13.2 Å². The molecule has 23 heavy (non-hydrogen) atoms. The lowest BCUT2D eigenvalue weighted by atomic mass is 10.2. The van der Waals surface area contributed by atoms with Gasteiger partial charge in [-0.05, 0) is 18.2 Å². The van der Waals surface area contributed by atoms with E-state index in [2.05, 4.69) is 4.90 Å². The van der Waals surface area contributed by atoms with Crippen molar-refractivity contribution in [1.82, 2.24) is 0 Å². The van der Waals surface area contributed by atoms with E-state index in [0.29, 0.717) is 18.9 Å². The Morgan fingerprint density at radius 1 is 1.22 bits per heavy atom. The SMILES string of the molecule is O=C1O[C@@H](CS(=O)(=O)O)CN1c1cccc(N2CCOCC2)c1. The van der Waals surface area contributed by atoms with Crippen molar-refractivity contribution in [3.8, 4) is 0 Å². The summed E-state index contributed by atoms with van der Waals surface area (Å²) in [4.78, 5) is 15.5. The van der Waals surface area contributed by atoms with Gasteiger partial charge in [0.2, 0.25) is 0 Å². The highest BCUT2D eigenvalue weighted by atomic mass is 32.2. The summed E-state index contributed by atoms with van der Waals surface area (Å²) in [6.45, 7) is 2.96. The van der Waals surface area contributed by atoms with Crippen LogP contribution in [-0.4, -0.2) is 63.8 Å². The maximum Gasteiger partial charge on any atom is 0.414 e. The minimum Gasteiger partial charge on any atom is -0.443 e. The Hall–Kier alpha value is -1.84. The quantitative estimate of drug-likeness (QED) is 0.806. The van der Waals surface area contributed by atoms with E-state index in [1.807, 2.05) is 18.2 Å². The van der Waals surface area contributed by atoms with Crippen LogP contribution in [0.15, 0.2) is 24.3 Å². The summed E-state index contributed by atoms with van der Waals surface area (Å²) in [6.07, 6.45) is -1.48. The number of hydrogen-bond donors (Lipinski definition) is 1. The molecule has 2 saturated heterocycles. The number of amides is 1. The van der Waals surface area contributed by atoms with Crippen molar-refractivity contribution >= 4 is 27.6 Å². The van der Waals surface area contributed by atoms with Gasteiger partial charge in [0.25, 0.3) is 10.1 Å². The molecular formula is C14H18N2O6S. The molecule has 1 amide bonds. The zero-order valence-electron chi connectivity index (χ0n) is 12.4. The maximum atomic E-state index is 12.0. The van der Waals surface area contributed by atoms with Crippen LogP contribution in [0, 0.1) is 0 Å². The molecule has 0 unspecified atom stereocenters. The fraction of sp³-hybridized carbons (Fsp3) is 0.500. The van der Waals surface area contributed by atoms with Gasteiger partial charge in [-0.25, -0.2) is 4.79 Å². The van der Waals surface area contributed by atoms with E-state index in [0.717, 1.165) is 18.8 Å². The number of morpholine rings is 1. The molecule has 1 N–H and O–H groups in total. The molecule has 2 fully saturated rings. The number of rotatable bonds is 4. The third-order valence-electron chi connectivity index (χ3n) is 3.79. The number of nitrogens with zero attached hydrogens (tertiary/aromatic N) is 2. The van der Waals surface area contributed by atoms with Gasteiger partial charge in [0.15, 0.2) is 0 Å². The number of carbonyl (C=O) groups excluding carboxylic acids is 1. The Kier molecular flexibility index (Phi) is 4.42. The molecule has 0 saturated carbocycles. The molecule has 0 aromatic heterocycles. The van der Waals surface area contributed by atoms with Gasteiger partial charge in [0, 0.05) is 24.5 Å². The average molecular weight is 342 g/mol. The molecule has 1 aromatic rings. The standard InChI is InChI=1S/C14H18N2O6S/c17-14-16(9-13(22-14)10-23(18,19)20)12-3-1-2-11(8-12)15-4-6-21-7-5-15/h1-3,8,13H,4-7,9-10H2,(H,18,19,20)/t13-/m1/s1. The molecule has 1 atom stereocenters. The van der Waals surface area contributed by atoms with Gasteiger partial charge in [0.1, 0.15) is 11.9 Å². The molecule has 0 bridgehead atoms. The molecule has 8 nitrogen and oxygen atoms in total. The van der Waals surface area contributed by atoms with Crippen LogP contribution in [-0.2, 0) is 19.6 Å². The Labute approximate surface area is 134 Å². The van der Waals surface area contributed by atoms with E-state index in [1.54, 1.807) is 6.07 Å². The van der Waals surface area contributed by atoms with Crippen LogP contribution < -0.4 is 9.80 Å². The van der Waals surface area contributed by atoms with Crippen LogP contribution in [0.2, 0.25) is 0 Å². The second kappa shape index (κ2) is 6.34. The summed E-state index contributed by atoms with van der Waals surface area (Å²) in [5, 5.41) is 0. The second-order valence-corrected chi connectivity index (χ2v) is 6.98. The molecule has 0 spiro atoms. The van der Waals surface area contributed by atoms with E-state index in [-0.39, 0.29) is 6.54 Å². The summed E-state index contributed by atoms with van der Waals surface area (Å²) in [5.41, 5.74) is 1.61. The predicted octanol–water partition coefficient (Wildman–Crippen LogP) is 0.736. The number of ether oxygens (including phenoxy) is 2. The topological polar surface area (TPSA) is 96.4 Å². The lowest BCUT2D eigenvalue weighted by Crippen LogP contribution is -2.36. The van der Waals surface area contributed by atoms with E-state index in [4.69, 9.17) is 14.0 Å². The van der Waals surface area contributed by atoms with Crippen molar-refractivity contribution < 1.29 is 27.2 Å². The fourth-order valence-electron chi connectivity index (χ4n) is 2.73. The lowest BCUT2D eigenvalue weighted by molar-refractivity contribution is 0.122. The highest BCUT2D eigenvalue weighted by Gasteiger charge is 2.35. The molecule has 1 aromatic carbocycles. The van der Waals surface area contributed by atoms with Crippen LogP contribution >= 0.6 is 0 Å². The maximum absolute atomic E-state index is 12.0. The van der Waals surface area contributed by atoms with Gasteiger partial charge in [-0.15, -0.1) is 0 Å². The van der Waals surface area contributed by atoms with Crippen LogP contribution in [0.3, 0.4) is 0 Å². The zero-order valence-corrected chi connectivity index (χ0v) is 13.2. The zero-order chi connectivity index (χ0) is 16.4. The third kappa shape index (κ3) is 3.92. The minimum absolute atomic E-state index is 0.0885. The van der Waals surface area contributed by atoms with Crippen LogP contribution in [0.5, 0.6) is 0 Å². The van der Waals surface area contributed by atoms with Gasteiger partial charge in [-0.1, -0.05) is 6.07 Å². The first-order valence-corrected chi connectivity index (χ1v) is 8.89. The number of cyclic esters (lactones) is 1. The van der Waals surface area contributed by atoms with Crippen LogP contribution in [0.25, 0.3) is 0 Å². The molecule has 2 heterocycles. The van der Waals surface area contributed by atoms with Gasteiger partial charge in [0.05, 0.1) is 19.8 Å². The Morgan fingerprint density at radius 3 is 2.61 bits per heavy atom. The van der Waals surface area contributed by atoms with Gasteiger partial charge < -0.3 is 14.4 Å². The second-order valence-electron chi connectivity index (χ2n) is 5.48. The summed E-state index contributed by atoms with van der Waals surface area (Å²) in [7, 11) is -4.19. The summed E-state index contributed by atoms with van der Waals surface area (Å²) in [6, 6.07) is 7.42. The Balaban J connectivity index is 1.75. The fourth-order valence-corrected chi connectivity index (χ4v) is 3.38. The van der Waals surface area contributed by atoms with Crippen LogP contribution in [0.4, 0.5) is 16.2 Å². The first-order chi connectivity index (χ1) is 10.9. The summed E-state index contributed by atoms with van der Waals surface area (Å²) < 4.78 is 41.1. The Bertz CT molecular complexity index is 686. The van der Waals surface area contributed by atoms with Gasteiger partial charge in [-0.3, -0.25) is 9.45 Å². The molecule has 0 aliphatic carbocycles. The van der Waals surface area contributed by atoms with Gasteiger partial charge in [-0.2, -0.15) is 8.42 Å². The molecule has 0 radical (unpaired) electrons. The largest absolute Gasteiger partial charge is 0.443 e. The van der Waals surface area contributed by atoms with Crippen molar-refractivity contribution in [2.24, 2.45) is 0 Å². The predicted molar refractivity (Wildman–Crippen MR) is 83.5 cm³/mol. The normalized spacial score (nSPS) is 22.3. The van der Waals surface area contributed by atoms with Crippen molar-refractivity contribution in [1.29, 1.82) is 0 Å². The summed E-state index contributed by atoms with van der Waals surface area (Å²) in [5.74, 6) is -0.599. The molecular weight excluding hydrogens is 324 g/mol. The van der Waals surface area contributed by atoms with Crippen molar-refractivity contribution in [3.63, 3.8) is 0 Å². The highest BCUT2D eigenvalue weighted by Crippen LogP contribution is 2.27. The van der Waals surface area contributed by atoms with Gasteiger partial charge >= 0.3 is 6.09 Å². The summed E-state index contributed by atoms with van der Waals surface area (Å²) >= 11 is 0. The van der Waals surface area contributed by atoms with Crippen molar-refractivity contribution in [2.45, 2.75) is 6.10 Å². The monoisotopic (exact) mass is 342 g/mol. The Morgan fingerprint density at radius 2 is 1.91 bits per heavy atom. The first-order valence-electron chi connectivity index (χ1n) is 7.28. The number of benzene rings is 1. The smallest absolute Gasteiger partial charge is 0.414 e. The van der Waals surface area contributed by atoms with E-state index >= 15 is 0 Å². The third-order valence-corrected chi connectivity index (χ3v) is 4.58. The van der Waals surface area contributed by atoms with Crippen molar-refractivity contribution in [3.05, 3.63) is 24.3 Å². The first kappa shape index (κ1) is 16.0. The average Bonchev–Trinajstić information content (AvgIpc) is 2.87. The molecule has 2 aliphatic heterocycles. The van der Waals surface area contributed by atoms with Crippen LogP contribution in [0.1, 0.15) is 0 Å². The van der Waals surface area contributed by atoms with E-state index < -0.39 is 28.1 Å². The number of carbonyl (C=O) groups is 1. The lowest BCUT2D eigenvalue weighted by Gasteiger charge is -2.29. The number of hydrogen-bond acceptors (Lipinski definition) is 6. The highest BCUT2D eigenvalue weighted by molar-refractivity contribution is 7.85. The van der Waals surface area contributed by atoms with Crippen molar-refractivity contribution in [2.75, 3.05) is 48.4 Å².